The minimum atomic E-state index is -0.708. The van der Waals surface area contributed by atoms with Gasteiger partial charge in [-0.2, -0.15) is 0 Å². The highest BCUT2D eigenvalue weighted by atomic mass is 16.5. The summed E-state index contributed by atoms with van der Waals surface area (Å²) in [4.78, 5) is 25.7. The average Bonchev–Trinajstić information content (AvgIpc) is 2.96. The van der Waals surface area contributed by atoms with E-state index in [1.54, 1.807) is 0 Å². The predicted octanol–water partition coefficient (Wildman–Crippen LogP) is 11.2. The van der Waals surface area contributed by atoms with Gasteiger partial charge in [0.25, 0.3) is 0 Å². The van der Waals surface area contributed by atoms with E-state index in [4.69, 9.17) is 14.2 Å². The molecule has 0 aliphatic carbocycles. The van der Waals surface area contributed by atoms with E-state index in [2.05, 4.69) is 41.5 Å². The van der Waals surface area contributed by atoms with Gasteiger partial charge in [0.05, 0.1) is 11.5 Å². The summed E-state index contributed by atoms with van der Waals surface area (Å²) in [7, 11) is 0. The van der Waals surface area contributed by atoms with Gasteiger partial charge in [-0.15, -0.1) is 0 Å². The molecule has 0 amide bonds. The standard InChI is InChI=1S/C40H68O5/c1-13-39(11,38(42)43-28(4)5)25-23-35(41)44-36-31(8)32(9)37-34(33(36)10)22-26-40(12,45-37)24-16-21-30(7)20-15-19-29(6)18-14-17-27(2)3/h27-30H,13-26H2,1-12H3/t29-,30+,39?,40+/m0/s1. The molecule has 0 aromatic heterocycles. The Kier molecular flexibility index (Phi) is 15.4. The molecule has 1 aliphatic rings. The van der Waals surface area contributed by atoms with Crippen molar-refractivity contribution in [1.82, 2.24) is 0 Å². The van der Waals surface area contributed by atoms with Gasteiger partial charge in [-0.25, -0.2) is 0 Å². The van der Waals surface area contributed by atoms with Crippen molar-refractivity contribution in [1.29, 1.82) is 0 Å². The molecule has 0 radical (unpaired) electrons. The summed E-state index contributed by atoms with van der Waals surface area (Å²) in [6.45, 7) is 25.4. The van der Waals surface area contributed by atoms with E-state index in [-0.39, 0.29) is 30.1 Å². The van der Waals surface area contributed by atoms with Crippen LogP contribution in [0.1, 0.15) is 168 Å². The fourth-order valence-corrected chi connectivity index (χ4v) is 6.74. The summed E-state index contributed by atoms with van der Waals surface area (Å²) >= 11 is 0. The van der Waals surface area contributed by atoms with Crippen molar-refractivity contribution in [3.05, 3.63) is 22.3 Å². The van der Waals surface area contributed by atoms with Crippen molar-refractivity contribution in [3.8, 4) is 11.5 Å². The SMILES string of the molecule is CCC(C)(CCC(=O)Oc1c(C)c(C)c2c(c1C)CC[C@@](C)(CCC[C@H](C)CCC[C@@H](C)CCCC(C)C)O2)C(=O)OC(C)C. The zero-order valence-electron chi connectivity index (χ0n) is 31.3. The molecule has 5 heteroatoms. The fraction of sp³-hybridized carbons (Fsp3) is 0.800. The van der Waals surface area contributed by atoms with Crippen LogP contribution in [0.15, 0.2) is 0 Å². The van der Waals surface area contributed by atoms with Crippen LogP contribution in [0.5, 0.6) is 11.5 Å². The third-order valence-corrected chi connectivity index (χ3v) is 10.6. The van der Waals surface area contributed by atoms with Crippen LogP contribution in [0.2, 0.25) is 0 Å². The van der Waals surface area contributed by atoms with Gasteiger partial charge in [0.15, 0.2) is 0 Å². The van der Waals surface area contributed by atoms with E-state index < -0.39 is 5.41 Å². The predicted molar refractivity (Wildman–Crippen MR) is 187 cm³/mol. The second kappa shape index (κ2) is 17.8. The van der Waals surface area contributed by atoms with E-state index in [0.717, 1.165) is 65.0 Å². The van der Waals surface area contributed by atoms with Crippen LogP contribution in [0, 0.1) is 43.9 Å². The highest BCUT2D eigenvalue weighted by Crippen LogP contribution is 2.45. The lowest BCUT2D eigenvalue weighted by molar-refractivity contribution is -0.160. The summed E-state index contributed by atoms with van der Waals surface area (Å²) in [5, 5.41) is 0. The topological polar surface area (TPSA) is 61.8 Å². The number of benzene rings is 1. The molecule has 0 fully saturated rings. The van der Waals surface area contributed by atoms with Crippen molar-refractivity contribution in [2.45, 2.75) is 185 Å². The van der Waals surface area contributed by atoms with Crippen LogP contribution in [0.3, 0.4) is 0 Å². The zero-order chi connectivity index (χ0) is 33.9. The van der Waals surface area contributed by atoms with Crippen molar-refractivity contribution in [3.63, 3.8) is 0 Å². The Morgan fingerprint density at radius 1 is 0.867 bits per heavy atom. The summed E-state index contributed by atoms with van der Waals surface area (Å²) in [6, 6.07) is 0. The molecule has 1 aliphatic heterocycles. The van der Waals surface area contributed by atoms with Gasteiger partial charge in [0.1, 0.15) is 17.1 Å². The van der Waals surface area contributed by atoms with Gasteiger partial charge in [-0.1, -0.05) is 79.6 Å². The van der Waals surface area contributed by atoms with E-state index in [1.807, 2.05) is 41.5 Å². The molecule has 4 atom stereocenters. The molecular weight excluding hydrogens is 560 g/mol. The van der Waals surface area contributed by atoms with Gasteiger partial charge in [-0.05, 0) is 121 Å². The second-order valence-corrected chi connectivity index (χ2v) is 15.8. The molecule has 1 aromatic rings. The molecule has 1 unspecified atom stereocenters. The third kappa shape index (κ3) is 11.9. The summed E-state index contributed by atoms with van der Waals surface area (Å²) in [6.07, 6.45) is 14.5. The first-order valence-electron chi connectivity index (χ1n) is 18.2. The van der Waals surface area contributed by atoms with Crippen LogP contribution in [-0.4, -0.2) is 23.6 Å². The zero-order valence-corrected chi connectivity index (χ0v) is 31.3. The fourth-order valence-electron chi connectivity index (χ4n) is 6.74. The quantitative estimate of drug-likeness (QED) is 0.113. The van der Waals surface area contributed by atoms with Gasteiger partial charge in [-0.3, -0.25) is 9.59 Å². The lowest BCUT2D eigenvalue weighted by Crippen LogP contribution is -2.37. The first-order valence-corrected chi connectivity index (χ1v) is 18.2. The number of rotatable bonds is 19. The van der Waals surface area contributed by atoms with Crippen LogP contribution in [0.4, 0.5) is 0 Å². The Labute approximate surface area is 276 Å². The minimum absolute atomic E-state index is 0.164. The van der Waals surface area contributed by atoms with Crippen molar-refractivity contribution in [2.24, 2.45) is 23.2 Å². The number of fused-ring (bicyclic) bond motifs is 1. The lowest BCUT2D eigenvalue weighted by atomic mass is 9.82. The van der Waals surface area contributed by atoms with Gasteiger partial charge >= 0.3 is 11.9 Å². The minimum Gasteiger partial charge on any atom is -0.487 e. The first-order chi connectivity index (χ1) is 21.0. The molecule has 5 nitrogen and oxygen atoms in total. The molecule has 258 valence electrons. The third-order valence-electron chi connectivity index (χ3n) is 10.6. The van der Waals surface area contributed by atoms with Crippen LogP contribution >= 0.6 is 0 Å². The molecule has 0 N–H and O–H groups in total. The largest absolute Gasteiger partial charge is 0.487 e. The maximum Gasteiger partial charge on any atom is 0.312 e. The lowest BCUT2D eigenvalue weighted by Gasteiger charge is -2.38. The van der Waals surface area contributed by atoms with Gasteiger partial charge in [0.2, 0.25) is 0 Å². The molecule has 0 spiro atoms. The summed E-state index contributed by atoms with van der Waals surface area (Å²) in [5.74, 6) is 3.49. The Balaban J connectivity index is 1.93. The molecule has 1 heterocycles. The van der Waals surface area contributed by atoms with Crippen LogP contribution in [0.25, 0.3) is 0 Å². The molecule has 0 bridgehead atoms. The summed E-state index contributed by atoms with van der Waals surface area (Å²) in [5.41, 5.74) is 3.28. The highest BCUT2D eigenvalue weighted by molar-refractivity contribution is 5.79. The number of hydrogen-bond donors (Lipinski definition) is 0. The molecule has 2 rings (SSSR count). The number of carbonyl (C=O) groups excluding carboxylic acids is 2. The monoisotopic (exact) mass is 629 g/mol. The van der Waals surface area contributed by atoms with E-state index in [1.165, 1.54) is 51.4 Å². The molecule has 0 saturated heterocycles. The highest BCUT2D eigenvalue weighted by Gasteiger charge is 2.36. The van der Waals surface area contributed by atoms with Crippen molar-refractivity contribution in [2.75, 3.05) is 0 Å². The smallest absolute Gasteiger partial charge is 0.312 e. The maximum atomic E-state index is 13.0. The normalized spacial score (nSPS) is 19.1. The molecular formula is C40H68O5. The van der Waals surface area contributed by atoms with E-state index in [0.29, 0.717) is 18.6 Å². The number of hydrogen-bond acceptors (Lipinski definition) is 5. The van der Waals surface area contributed by atoms with Crippen LogP contribution in [-0.2, 0) is 20.7 Å². The Hall–Kier alpha value is -2.04. The molecule has 0 saturated carbocycles. The van der Waals surface area contributed by atoms with E-state index in [9.17, 15) is 9.59 Å². The Bertz CT molecular complexity index is 1100. The number of esters is 2. The van der Waals surface area contributed by atoms with Crippen molar-refractivity contribution >= 4 is 11.9 Å². The maximum absolute atomic E-state index is 13.0. The van der Waals surface area contributed by atoms with Gasteiger partial charge in [0, 0.05) is 12.0 Å². The van der Waals surface area contributed by atoms with Crippen LogP contribution < -0.4 is 9.47 Å². The summed E-state index contributed by atoms with van der Waals surface area (Å²) < 4.78 is 18.2. The number of carbonyl (C=O) groups is 2. The Morgan fingerprint density at radius 2 is 1.44 bits per heavy atom. The number of ether oxygens (including phenoxy) is 3. The van der Waals surface area contributed by atoms with Gasteiger partial charge < -0.3 is 14.2 Å². The second-order valence-electron chi connectivity index (χ2n) is 15.8. The average molecular weight is 629 g/mol. The Morgan fingerprint density at radius 3 is 2.00 bits per heavy atom. The molecule has 1 aromatic carbocycles. The molecule has 45 heavy (non-hydrogen) atoms. The van der Waals surface area contributed by atoms with E-state index >= 15 is 0 Å². The first kappa shape index (κ1) is 39.1. The van der Waals surface area contributed by atoms with Crippen molar-refractivity contribution < 1.29 is 23.8 Å².